The van der Waals surface area contributed by atoms with Gasteiger partial charge in [0.25, 0.3) is 0 Å². The molecule has 0 unspecified atom stereocenters. The molecule has 0 spiro atoms. The Hall–Kier alpha value is -1.67. The summed E-state index contributed by atoms with van der Waals surface area (Å²) < 4.78 is 19.6. The van der Waals surface area contributed by atoms with Crippen molar-refractivity contribution in [3.8, 4) is 0 Å². The van der Waals surface area contributed by atoms with Gasteiger partial charge in [0.1, 0.15) is 0 Å². The Morgan fingerprint density at radius 3 is 1.89 bits per heavy atom. The Bertz CT molecular complexity index is 366. The Morgan fingerprint density at radius 1 is 0.947 bits per heavy atom. The third-order valence-corrected chi connectivity index (χ3v) is 2.32. The van der Waals surface area contributed by atoms with Crippen LogP contribution in [-0.4, -0.2) is 54.2 Å². The largest absolute Gasteiger partial charge is 0.456 e. The lowest BCUT2D eigenvalue weighted by Gasteiger charge is -2.38. The summed E-state index contributed by atoms with van der Waals surface area (Å²) in [6, 6.07) is 0. The molecule has 1 heterocycles. The molecule has 1 saturated heterocycles. The van der Waals surface area contributed by atoms with Gasteiger partial charge >= 0.3 is 17.9 Å². The van der Waals surface area contributed by atoms with Gasteiger partial charge in [-0.15, -0.1) is 0 Å². The topological polar surface area (TPSA) is 108 Å². The first-order valence-corrected chi connectivity index (χ1v) is 5.62. The zero-order chi connectivity index (χ0) is 14.6. The highest BCUT2D eigenvalue weighted by atomic mass is 16.7. The molecule has 19 heavy (non-hydrogen) atoms. The fraction of sp³-hybridized carbons (Fsp3) is 0.727. The molecule has 0 bridgehead atoms. The van der Waals surface area contributed by atoms with Crippen LogP contribution < -0.4 is 0 Å². The maximum Gasteiger partial charge on any atom is 0.303 e. The number of hydrogen-bond acceptors (Lipinski definition) is 8. The SMILES string of the molecule is CC(=O)O[C@@H]1[C@@H](OC(C)=O)[C@@H](OC(C)=O)CO[C@H]1O. The smallest absolute Gasteiger partial charge is 0.303 e. The second kappa shape index (κ2) is 6.48. The Morgan fingerprint density at radius 2 is 1.42 bits per heavy atom. The predicted molar refractivity (Wildman–Crippen MR) is 58.6 cm³/mol. The van der Waals surface area contributed by atoms with Crippen LogP contribution in [0.15, 0.2) is 0 Å². The minimum Gasteiger partial charge on any atom is -0.456 e. The van der Waals surface area contributed by atoms with Crippen molar-refractivity contribution in [2.75, 3.05) is 6.61 Å². The highest BCUT2D eigenvalue weighted by Crippen LogP contribution is 2.23. The second-order valence-electron chi connectivity index (χ2n) is 4.02. The van der Waals surface area contributed by atoms with E-state index in [-0.39, 0.29) is 6.61 Å². The van der Waals surface area contributed by atoms with Gasteiger partial charge in [0.15, 0.2) is 24.6 Å². The van der Waals surface area contributed by atoms with Gasteiger partial charge in [-0.1, -0.05) is 0 Å². The Labute approximate surface area is 109 Å². The molecule has 0 aromatic rings. The summed E-state index contributed by atoms with van der Waals surface area (Å²) in [7, 11) is 0. The van der Waals surface area contributed by atoms with Gasteiger partial charge < -0.3 is 24.1 Å². The van der Waals surface area contributed by atoms with Crippen molar-refractivity contribution in [1.82, 2.24) is 0 Å². The molecule has 0 aromatic heterocycles. The van der Waals surface area contributed by atoms with Crippen LogP contribution in [0.2, 0.25) is 0 Å². The third-order valence-electron chi connectivity index (χ3n) is 2.32. The number of aliphatic hydroxyl groups is 1. The lowest BCUT2D eigenvalue weighted by molar-refractivity contribution is -0.267. The van der Waals surface area contributed by atoms with Gasteiger partial charge in [-0.05, 0) is 0 Å². The molecule has 0 aromatic carbocycles. The average Bonchev–Trinajstić information content (AvgIpc) is 2.25. The van der Waals surface area contributed by atoms with Crippen molar-refractivity contribution in [2.45, 2.75) is 45.4 Å². The van der Waals surface area contributed by atoms with Crippen molar-refractivity contribution >= 4 is 17.9 Å². The minimum absolute atomic E-state index is 0.170. The van der Waals surface area contributed by atoms with Crippen LogP contribution in [0.3, 0.4) is 0 Å². The summed E-state index contributed by atoms with van der Waals surface area (Å²) in [5.74, 6) is -1.95. The van der Waals surface area contributed by atoms with Gasteiger partial charge in [-0.2, -0.15) is 0 Å². The molecule has 108 valence electrons. The van der Waals surface area contributed by atoms with Crippen molar-refractivity contribution in [3.63, 3.8) is 0 Å². The molecule has 1 N–H and O–H groups in total. The van der Waals surface area contributed by atoms with Gasteiger partial charge in [-0.3, -0.25) is 14.4 Å². The zero-order valence-electron chi connectivity index (χ0n) is 10.8. The number of esters is 3. The first-order chi connectivity index (χ1) is 8.81. The standard InChI is InChI=1S/C11H16O8/c1-5(12)17-8-4-16-11(15)10(19-7(3)14)9(8)18-6(2)13/h8-11,15H,4H2,1-3H3/t8-,9-,10+,11+/m0/s1. The third kappa shape index (κ3) is 4.49. The first-order valence-electron chi connectivity index (χ1n) is 5.62. The number of rotatable bonds is 3. The lowest BCUT2D eigenvalue weighted by atomic mass is 10.0. The van der Waals surface area contributed by atoms with Crippen LogP contribution in [0, 0.1) is 0 Å². The zero-order valence-corrected chi connectivity index (χ0v) is 10.8. The van der Waals surface area contributed by atoms with Crippen molar-refractivity contribution < 1.29 is 38.4 Å². The summed E-state index contributed by atoms with van der Waals surface area (Å²) in [4.78, 5) is 33.0. The highest BCUT2D eigenvalue weighted by Gasteiger charge is 2.46. The van der Waals surface area contributed by atoms with Gasteiger partial charge in [0.2, 0.25) is 0 Å². The van der Waals surface area contributed by atoms with Crippen molar-refractivity contribution in [1.29, 1.82) is 0 Å². The molecule has 0 aliphatic carbocycles. The number of ether oxygens (including phenoxy) is 4. The average molecular weight is 276 g/mol. The molecule has 0 radical (unpaired) electrons. The van der Waals surface area contributed by atoms with Crippen LogP contribution in [-0.2, 0) is 33.3 Å². The summed E-state index contributed by atoms with van der Waals surface area (Å²) in [6.45, 7) is 3.29. The van der Waals surface area contributed by atoms with E-state index >= 15 is 0 Å². The molecule has 8 heteroatoms. The maximum absolute atomic E-state index is 11.1. The van der Waals surface area contributed by atoms with Crippen LogP contribution in [0.1, 0.15) is 20.8 Å². The number of hydrogen-bond donors (Lipinski definition) is 1. The van der Waals surface area contributed by atoms with E-state index in [0.29, 0.717) is 0 Å². The van der Waals surface area contributed by atoms with Crippen LogP contribution in [0.25, 0.3) is 0 Å². The fourth-order valence-corrected chi connectivity index (χ4v) is 1.72. The van der Waals surface area contributed by atoms with E-state index in [4.69, 9.17) is 18.9 Å². The monoisotopic (exact) mass is 276 g/mol. The molecule has 4 atom stereocenters. The molecule has 1 aliphatic rings. The van der Waals surface area contributed by atoms with Crippen LogP contribution >= 0.6 is 0 Å². The van der Waals surface area contributed by atoms with Crippen LogP contribution in [0.5, 0.6) is 0 Å². The molecular formula is C11H16O8. The van der Waals surface area contributed by atoms with E-state index < -0.39 is 42.5 Å². The summed E-state index contributed by atoms with van der Waals surface area (Å²) in [5.41, 5.74) is 0. The molecule has 1 rings (SSSR count). The molecule has 8 nitrogen and oxygen atoms in total. The van der Waals surface area contributed by atoms with E-state index in [1.807, 2.05) is 0 Å². The van der Waals surface area contributed by atoms with Crippen molar-refractivity contribution in [2.24, 2.45) is 0 Å². The maximum atomic E-state index is 11.1. The number of aliphatic hydroxyl groups excluding tert-OH is 1. The highest BCUT2D eigenvalue weighted by molar-refractivity contribution is 5.68. The molecule has 0 saturated carbocycles. The van der Waals surface area contributed by atoms with E-state index in [2.05, 4.69) is 0 Å². The summed E-state index contributed by atoms with van der Waals surface area (Å²) in [6.07, 6.45) is -4.78. The lowest BCUT2D eigenvalue weighted by Crippen LogP contribution is -2.57. The van der Waals surface area contributed by atoms with Crippen molar-refractivity contribution in [3.05, 3.63) is 0 Å². The summed E-state index contributed by atoms with van der Waals surface area (Å²) >= 11 is 0. The quantitative estimate of drug-likeness (QED) is 0.523. The van der Waals surface area contributed by atoms with Gasteiger partial charge in [0.05, 0.1) is 6.61 Å². The van der Waals surface area contributed by atoms with Gasteiger partial charge in [-0.25, -0.2) is 0 Å². The Balaban J connectivity index is 2.89. The number of carbonyl (C=O) groups is 3. The number of carbonyl (C=O) groups excluding carboxylic acids is 3. The first kappa shape index (κ1) is 15.4. The molecule has 1 aliphatic heterocycles. The Kier molecular flexibility index (Phi) is 5.25. The van der Waals surface area contributed by atoms with E-state index in [1.54, 1.807) is 0 Å². The van der Waals surface area contributed by atoms with E-state index in [1.165, 1.54) is 6.92 Å². The fourth-order valence-electron chi connectivity index (χ4n) is 1.72. The van der Waals surface area contributed by atoms with Gasteiger partial charge in [0, 0.05) is 20.8 Å². The predicted octanol–water partition coefficient (Wildman–Crippen LogP) is -0.870. The molecule has 0 amide bonds. The minimum atomic E-state index is -1.46. The van der Waals surface area contributed by atoms with E-state index in [0.717, 1.165) is 13.8 Å². The van der Waals surface area contributed by atoms with E-state index in [9.17, 15) is 19.5 Å². The summed E-state index contributed by atoms with van der Waals surface area (Å²) in [5, 5.41) is 9.62. The molecular weight excluding hydrogens is 260 g/mol. The van der Waals surface area contributed by atoms with Crippen LogP contribution in [0.4, 0.5) is 0 Å². The second-order valence-corrected chi connectivity index (χ2v) is 4.02. The normalized spacial score (nSPS) is 30.3. The molecule has 1 fully saturated rings.